The highest BCUT2D eigenvalue weighted by molar-refractivity contribution is 7.99. The minimum atomic E-state index is -0.430. The van der Waals surface area contributed by atoms with Gasteiger partial charge in [-0.15, -0.1) is 0 Å². The average Bonchev–Trinajstić information content (AvgIpc) is 2.86. The normalized spacial score (nSPS) is 11.1. The van der Waals surface area contributed by atoms with Gasteiger partial charge in [-0.25, -0.2) is 9.37 Å². The Morgan fingerprint density at radius 3 is 2.40 bits per heavy atom. The second-order valence-electron chi connectivity index (χ2n) is 8.43. The summed E-state index contributed by atoms with van der Waals surface area (Å²) in [6.07, 6.45) is 0. The van der Waals surface area contributed by atoms with Crippen molar-refractivity contribution in [1.82, 2.24) is 14.9 Å². The molecule has 8 heteroatoms. The van der Waals surface area contributed by atoms with Crippen molar-refractivity contribution in [3.05, 3.63) is 100 Å². The zero-order chi connectivity index (χ0) is 24.9. The van der Waals surface area contributed by atoms with E-state index in [1.165, 1.54) is 28.8 Å². The molecule has 35 heavy (non-hydrogen) atoms. The number of amides is 1. The molecule has 0 bridgehead atoms. The van der Waals surface area contributed by atoms with Crippen LogP contribution in [0, 0.1) is 11.7 Å². The Hall–Kier alpha value is -3.78. The number of halogens is 1. The Morgan fingerprint density at radius 2 is 1.71 bits per heavy atom. The van der Waals surface area contributed by atoms with Gasteiger partial charge < -0.3 is 5.32 Å². The van der Waals surface area contributed by atoms with Gasteiger partial charge in [0, 0.05) is 17.7 Å². The molecule has 4 rings (SSSR count). The summed E-state index contributed by atoms with van der Waals surface area (Å²) >= 11 is 1.11. The molecule has 0 fully saturated rings. The number of aromatic nitrogens is 2. The summed E-state index contributed by atoms with van der Waals surface area (Å²) in [5.74, 6) is -0.444. The smallest absolute Gasteiger partial charge is 0.266 e. The minimum Gasteiger partial charge on any atom is -0.352 e. The van der Waals surface area contributed by atoms with Crippen LogP contribution in [0.15, 0.2) is 82.7 Å². The van der Waals surface area contributed by atoms with Crippen molar-refractivity contribution in [3.63, 3.8) is 0 Å². The molecule has 0 unspecified atom stereocenters. The first-order chi connectivity index (χ1) is 16.8. The topological polar surface area (TPSA) is 81.1 Å². The molecule has 0 atom stereocenters. The standard InChI is InChI=1S/C27H24FN3O3S/c1-17(2)15-29-25(33)19-8-13-22-23(14-19)30-27(35-16-24(32)18-6-4-3-5-7-18)31(26(22)34)21-11-9-20(28)10-12-21/h3-14,17H,15-16H2,1-2H3,(H,29,33). The van der Waals surface area contributed by atoms with E-state index in [0.29, 0.717) is 40.2 Å². The summed E-state index contributed by atoms with van der Waals surface area (Å²) in [4.78, 5) is 43.4. The van der Waals surface area contributed by atoms with E-state index in [2.05, 4.69) is 10.3 Å². The lowest BCUT2D eigenvalue weighted by molar-refractivity contribution is 0.0948. The number of ketones is 1. The summed E-state index contributed by atoms with van der Waals surface area (Å²) in [6, 6.07) is 19.1. The molecule has 1 amide bonds. The number of rotatable bonds is 8. The number of carbonyl (C=O) groups is 2. The fraction of sp³-hybridized carbons (Fsp3) is 0.185. The van der Waals surface area contributed by atoms with E-state index in [4.69, 9.17) is 0 Å². The molecule has 6 nitrogen and oxygen atoms in total. The van der Waals surface area contributed by atoms with Crippen LogP contribution in [-0.2, 0) is 0 Å². The maximum atomic E-state index is 13.5. The lowest BCUT2D eigenvalue weighted by Gasteiger charge is -2.14. The molecule has 178 valence electrons. The second kappa shape index (κ2) is 10.7. The van der Waals surface area contributed by atoms with Gasteiger partial charge >= 0.3 is 0 Å². The lowest BCUT2D eigenvalue weighted by Crippen LogP contribution is -2.27. The van der Waals surface area contributed by atoms with E-state index < -0.39 is 5.82 Å². The molecule has 0 saturated heterocycles. The first-order valence-corrected chi connectivity index (χ1v) is 12.1. The highest BCUT2D eigenvalue weighted by atomic mass is 32.2. The van der Waals surface area contributed by atoms with Crippen LogP contribution in [0.3, 0.4) is 0 Å². The van der Waals surface area contributed by atoms with Gasteiger partial charge in [0.2, 0.25) is 0 Å². The molecule has 0 aliphatic rings. The Balaban J connectivity index is 1.76. The fourth-order valence-electron chi connectivity index (χ4n) is 3.46. The quantitative estimate of drug-likeness (QED) is 0.217. The third-order valence-corrected chi connectivity index (χ3v) is 6.22. The summed E-state index contributed by atoms with van der Waals surface area (Å²) in [6.45, 7) is 4.53. The number of Topliss-reactive ketones (excluding diaryl/α,β-unsaturated/α-hetero) is 1. The molecule has 0 radical (unpaired) electrons. The highest BCUT2D eigenvalue weighted by Crippen LogP contribution is 2.23. The Bertz CT molecular complexity index is 1430. The SMILES string of the molecule is CC(C)CNC(=O)c1ccc2c(=O)n(-c3ccc(F)cc3)c(SCC(=O)c3ccccc3)nc2c1. The molecule has 0 saturated carbocycles. The van der Waals surface area contributed by atoms with Gasteiger partial charge in [-0.05, 0) is 48.4 Å². The van der Waals surface area contributed by atoms with Crippen LogP contribution in [0.4, 0.5) is 4.39 Å². The lowest BCUT2D eigenvalue weighted by atomic mass is 10.1. The number of carbonyl (C=O) groups excluding carboxylic acids is 2. The highest BCUT2D eigenvalue weighted by Gasteiger charge is 2.17. The number of hydrogen-bond donors (Lipinski definition) is 1. The van der Waals surface area contributed by atoms with Crippen molar-refractivity contribution in [3.8, 4) is 5.69 Å². The number of nitrogens with zero attached hydrogens (tertiary/aromatic N) is 2. The van der Waals surface area contributed by atoms with Crippen LogP contribution >= 0.6 is 11.8 Å². The van der Waals surface area contributed by atoms with Crippen LogP contribution < -0.4 is 10.9 Å². The van der Waals surface area contributed by atoms with Gasteiger partial charge in [0.25, 0.3) is 11.5 Å². The Labute approximate surface area is 206 Å². The fourth-order valence-corrected chi connectivity index (χ4v) is 4.36. The van der Waals surface area contributed by atoms with Crippen LogP contribution in [-0.4, -0.2) is 33.5 Å². The van der Waals surface area contributed by atoms with Crippen molar-refractivity contribution in [2.45, 2.75) is 19.0 Å². The van der Waals surface area contributed by atoms with Gasteiger partial charge in [-0.2, -0.15) is 0 Å². The predicted octanol–water partition coefficient (Wildman–Crippen LogP) is 4.89. The van der Waals surface area contributed by atoms with E-state index in [1.807, 2.05) is 19.9 Å². The number of hydrogen-bond acceptors (Lipinski definition) is 5. The summed E-state index contributed by atoms with van der Waals surface area (Å²) in [5, 5.41) is 3.45. The van der Waals surface area contributed by atoms with Crippen LogP contribution in [0.5, 0.6) is 0 Å². The molecule has 1 aromatic heterocycles. The van der Waals surface area contributed by atoms with E-state index in [-0.39, 0.29) is 28.2 Å². The molecule has 0 aliphatic carbocycles. The van der Waals surface area contributed by atoms with Crippen molar-refractivity contribution in [2.75, 3.05) is 12.3 Å². The summed E-state index contributed by atoms with van der Waals surface area (Å²) < 4.78 is 14.9. The van der Waals surface area contributed by atoms with Gasteiger partial charge in [-0.3, -0.25) is 19.0 Å². The van der Waals surface area contributed by atoms with Crippen LogP contribution in [0.25, 0.3) is 16.6 Å². The zero-order valence-electron chi connectivity index (χ0n) is 19.3. The van der Waals surface area contributed by atoms with Gasteiger partial charge in [0.05, 0.1) is 22.3 Å². The first-order valence-electron chi connectivity index (χ1n) is 11.2. The molecule has 4 aromatic rings. The monoisotopic (exact) mass is 489 g/mol. The number of thioether (sulfide) groups is 1. The minimum absolute atomic E-state index is 0.0533. The third-order valence-electron chi connectivity index (χ3n) is 5.28. The first kappa shape index (κ1) is 24.3. The maximum absolute atomic E-state index is 13.5. The maximum Gasteiger partial charge on any atom is 0.266 e. The van der Waals surface area contributed by atoms with Crippen LogP contribution in [0.1, 0.15) is 34.6 Å². The average molecular weight is 490 g/mol. The van der Waals surface area contributed by atoms with E-state index in [9.17, 15) is 18.8 Å². The number of nitrogens with one attached hydrogen (secondary N) is 1. The van der Waals surface area contributed by atoms with Crippen molar-refractivity contribution in [1.29, 1.82) is 0 Å². The molecule has 3 aromatic carbocycles. The summed E-state index contributed by atoms with van der Waals surface area (Å²) in [5.41, 5.74) is 1.35. The molecule has 1 N–H and O–H groups in total. The second-order valence-corrected chi connectivity index (χ2v) is 9.37. The van der Waals surface area contributed by atoms with Crippen LogP contribution in [0.2, 0.25) is 0 Å². The largest absolute Gasteiger partial charge is 0.352 e. The van der Waals surface area contributed by atoms with E-state index >= 15 is 0 Å². The van der Waals surface area contributed by atoms with Gasteiger partial charge in [-0.1, -0.05) is 55.9 Å². The number of benzene rings is 3. The Kier molecular flexibility index (Phi) is 7.41. The zero-order valence-corrected chi connectivity index (χ0v) is 20.1. The van der Waals surface area contributed by atoms with Gasteiger partial charge in [0.1, 0.15) is 5.82 Å². The molecular weight excluding hydrogens is 465 g/mol. The number of fused-ring (bicyclic) bond motifs is 1. The van der Waals surface area contributed by atoms with Crippen molar-refractivity contribution in [2.24, 2.45) is 5.92 Å². The summed E-state index contributed by atoms with van der Waals surface area (Å²) in [7, 11) is 0. The molecule has 0 spiro atoms. The predicted molar refractivity (Wildman–Crippen MR) is 136 cm³/mol. The third kappa shape index (κ3) is 5.66. The van der Waals surface area contributed by atoms with Crippen molar-refractivity contribution < 1.29 is 14.0 Å². The van der Waals surface area contributed by atoms with Gasteiger partial charge in [0.15, 0.2) is 10.9 Å². The molecule has 1 heterocycles. The Morgan fingerprint density at radius 1 is 1.00 bits per heavy atom. The van der Waals surface area contributed by atoms with Crippen molar-refractivity contribution >= 4 is 34.4 Å². The molecular formula is C27H24FN3O3S. The van der Waals surface area contributed by atoms with E-state index in [1.54, 1.807) is 42.5 Å². The van der Waals surface area contributed by atoms with E-state index in [0.717, 1.165) is 11.8 Å². The molecule has 0 aliphatic heterocycles.